The van der Waals surface area contributed by atoms with Crippen molar-refractivity contribution < 1.29 is 19.8 Å². The highest BCUT2D eigenvalue weighted by Gasteiger charge is 2.16. The van der Waals surface area contributed by atoms with Gasteiger partial charge in [-0.2, -0.15) is 0 Å². The molecule has 5 N–H and O–H groups in total. The third-order valence-corrected chi connectivity index (χ3v) is 2.57. The topological polar surface area (TPSA) is 126 Å². The van der Waals surface area contributed by atoms with Crippen molar-refractivity contribution in [3.63, 3.8) is 0 Å². The minimum Gasteiger partial charge on any atom is -0.479 e. The van der Waals surface area contributed by atoms with Crippen molar-refractivity contribution in [2.75, 3.05) is 6.54 Å². The van der Waals surface area contributed by atoms with Gasteiger partial charge in [0.2, 0.25) is 0 Å². The van der Waals surface area contributed by atoms with Crippen molar-refractivity contribution >= 4 is 23.2 Å². The van der Waals surface area contributed by atoms with Crippen molar-refractivity contribution in [3.8, 4) is 0 Å². The molecule has 0 aliphatic carbocycles. The zero-order valence-corrected chi connectivity index (χ0v) is 9.03. The highest BCUT2D eigenvalue weighted by molar-refractivity contribution is 7.09. The molecule has 1 aromatic heterocycles. The van der Waals surface area contributed by atoms with Gasteiger partial charge in [0.05, 0.1) is 6.54 Å². The number of aliphatic hydroxyl groups excluding tert-OH is 1. The summed E-state index contributed by atoms with van der Waals surface area (Å²) >= 11 is 1.24. The number of hydrogen-bond acceptors (Lipinski definition) is 6. The molecule has 0 saturated heterocycles. The molecule has 1 atom stereocenters. The molecule has 88 valence electrons. The maximum Gasteiger partial charge on any atom is 0.334 e. The van der Waals surface area contributed by atoms with Gasteiger partial charge in [-0.25, -0.2) is 9.78 Å². The number of carbonyl (C=O) groups is 2. The fraction of sp³-hybridized carbons (Fsp3) is 0.375. The van der Waals surface area contributed by atoms with Gasteiger partial charge in [0, 0.05) is 11.9 Å². The average molecular weight is 245 g/mol. The van der Waals surface area contributed by atoms with Gasteiger partial charge in [0.15, 0.2) is 6.10 Å². The molecule has 1 rings (SSSR count). The van der Waals surface area contributed by atoms with E-state index in [1.165, 1.54) is 16.7 Å². The van der Waals surface area contributed by atoms with Crippen LogP contribution >= 0.6 is 11.3 Å². The first kappa shape index (κ1) is 12.6. The van der Waals surface area contributed by atoms with Crippen LogP contribution in [0.2, 0.25) is 0 Å². The van der Waals surface area contributed by atoms with E-state index in [9.17, 15) is 9.59 Å². The van der Waals surface area contributed by atoms with Gasteiger partial charge >= 0.3 is 5.97 Å². The number of hydrogen-bond donors (Lipinski definition) is 4. The van der Waals surface area contributed by atoms with Gasteiger partial charge in [0.25, 0.3) is 5.91 Å². The molecule has 0 spiro atoms. The molecule has 0 aliphatic heterocycles. The Labute approximate surface area is 94.9 Å². The van der Waals surface area contributed by atoms with E-state index in [0.717, 1.165) is 0 Å². The van der Waals surface area contributed by atoms with Crippen LogP contribution in [0.5, 0.6) is 0 Å². The number of carbonyl (C=O) groups excluding carboxylic acids is 1. The van der Waals surface area contributed by atoms with E-state index in [1.807, 2.05) is 0 Å². The van der Waals surface area contributed by atoms with Crippen molar-refractivity contribution in [1.82, 2.24) is 10.3 Å². The van der Waals surface area contributed by atoms with Crippen LogP contribution in [-0.4, -0.2) is 39.7 Å². The van der Waals surface area contributed by atoms with Crippen LogP contribution in [0.3, 0.4) is 0 Å². The number of thiazole rings is 1. The molecule has 0 aliphatic rings. The second-order valence-corrected chi connectivity index (χ2v) is 3.84. The van der Waals surface area contributed by atoms with Crippen molar-refractivity contribution in [2.24, 2.45) is 5.73 Å². The fourth-order valence-electron chi connectivity index (χ4n) is 0.876. The lowest BCUT2D eigenvalue weighted by Crippen LogP contribution is -2.36. The molecule has 1 aromatic rings. The number of aliphatic carboxylic acids is 1. The Morgan fingerprint density at radius 1 is 1.62 bits per heavy atom. The number of carboxylic acids is 1. The summed E-state index contributed by atoms with van der Waals surface area (Å²) in [6.07, 6.45) is -1.61. The molecule has 0 aromatic carbocycles. The summed E-state index contributed by atoms with van der Waals surface area (Å²) in [7, 11) is 0. The number of aromatic nitrogens is 1. The summed E-state index contributed by atoms with van der Waals surface area (Å²) in [5.41, 5.74) is 5.49. The molecular weight excluding hydrogens is 234 g/mol. The normalized spacial score (nSPS) is 12.1. The molecular formula is C8H11N3O4S. The third kappa shape index (κ3) is 3.26. The molecule has 8 heteroatoms. The van der Waals surface area contributed by atoms with Crippen molar-refractivity contribution in [2.45, 2.75) is 12.6 Å². The van der Waals surface area contributed by atoms with E-state index in [-0.39, 0.29) is 18.8 Å². The van der Waals surface area contributed by atoms with Crippen LogP contribution in [0.15, 0.2) is 5.38 Å². The van der Waals surface area contributed by atoms with E-state index in [0.29, 0.717) is 5.01 Å². The van der Waals surface area contributed by atoms with E-state index < -0.39 is 18.0 Å². The summed E-state index contributed by atoms with van der Waals surface area (Å²) in [4.78, 5) is 25.6. The number of nitrogens with zero attached hydrogens (tertiary/aromatic N) is 1. The third-order valence-electron chi connectivity index (χ3n) is 1.70. The van der Waals surface area contributed by atoms with Crippen LogP contribution in [0, 0.1) is 0 Å². The highest BCUT2D eigenvalue weighted by Crippen LogP contribution is 2.08. The number of carboxylic acid groups (broad SMARTS) is 1. The van der Waals surface area contributed by atoms with Crippen molar-refractivity contribution in [1.29, 1.82) is 0 Å². The summed E-state index contributed by atoms with van der Waals surface area (Å²) in [5.74, 6) is -1.92. The number of rotatable bonds is 5. The van der Waals surface area contributed by atoms with E-state index >= 15 is 0 Å². The molecule has 0 radical (unpaired) electrons. The SMILES string of the molecule is NCc1nc(C(=O)NCC(O)C(=O)O)cs1. The smallest absolute Gasteiger partial charge is 0.334 e. The predicted molar refractivity (Wildman–Crippen MR) is 56.0 cm³/mol. The second kappa shape index (κ2) is 5.54. The van der Waals surface area contributed by atoms with Crippen LogP contribution in [0.1, 0.15) is 15.5 Å². The minimum atomic E-state index is -1.61. The lowest BCUT2D eigenvalue weighted by atomic mass is 10.3. The molecule has 1 heterocycles. The first-order valence-electron chi connectivity index (χ1n) is 4.38. The summed E-state index contributed by atoms with van der Waals surface area (Å²) in [6.45, 7) is -0.112. The molecule has 0 bridgehead atoms. The molecule has 1 amide bonds. The lowest BCUT2D eigenvalue weighted by Gasteiger charge is -2.05. The van der Waals surface area contributed by atoms with Crippen LogP contribution in [0.4, 0.5) is 0 Å². The Balaban J connectivity index is 2.49. The van der Waals surface area contributed by atoms with Gasteiger partial charge in [-0.15, -0.1) is 11.3 Å². The quantitative estimate of drug-likeness (QED) is 0.515. The van der Waals surface area contributed by atoms with Crippen molar-refractivity contribution in [3.05, 3.63) is 16.1 Å². The van der Waals surface area contributed by atoms with E-state index in [1.54, 1.807) is 0 Å². The molecule has 16 heavy (non-hydrogen) atoms. The van der Waals surface area contributed by atoms with Crippen LogP contribution in [-0.2, 0) is 11.3 Å². The zero-order valence-electron chi connectivity index (χ0n) is 8.21. The fourth-order valence-corrected chi connectivity index (χ4v) is 1.53. The monoisotopic (exact) mass is 245 g/mol. The predicted octanol–water partition coefficient (Wildman–Crippen LogP) is -1.22. The average Bonchev–Trinajstić information content (AvgIpc) is 2.73. The maximum absolute atomic E-state index is 11.4. The standard InChI is InChI=1S/C8H11N3O4S/c9-1-6-11-4(3-16-6)7(13)10-2-5(12)8(14)15/h3,5,12H,1-2,9H2,(H,10,13)(H,14,15). The largest absolute Gasteiger partial charge is 0.479 e. The molecule has 0 fully saturated rings. The van der Waals surface area contributed by atoms with Gasteiger partial charge in [0.1, 0.15) is 10.7 Å². The summed E-state index contributed by atoms with van der Waals surface area (Å²) in [5, 5.41) is 21.7. The van der Waals surface area contributed by atoms with E-state index in [4.69, 9.17) is 15.9 Å². The Morgan fingerprint density at radius 3 is 2.81 bits per heavy atom. The number of nitrogens with two attached hydrogens (primary N) is 1. The number of aliphatic hydroxyl groups is 1. The Bertz CT molecular complexity index is 392. The van der Waals surface area contributed by atoms with Crippen LogP contribution in [0.25, 0.3) is 0 Å². The Hall–Kier alpha value is -1.51. The van der Waals surface area contributed by atoms with Gasteiger partial charge < -0.3 is 21.3 Å². The summed E-state index contributed by atoms with van der Waals surface area (Å²) < 4.78 is 0. The zero-order chi connectivity index (χ0) is 12.1. The first-order chi connectivity index (χ1) is 7.54. The lowest BCUT2D eigenvalue weighted by molar-refractivity contribution is -0.146. The number of nitrogens with one attached hydrogen (secondary N) is 1. The van der Waals surface area contributed by atoms with Gasteiger partial charge in [-0.1, -0.05) is 0 Å². The van der Waals surface area contributed by atoms with Crippen LogP contribution < -0.4 is 11.1 Å². The molecule has 0 saturated carbocycles. The first-order valence-corrected chi connectivity index (χ1v) is 5.26. The molecule has 1 unspecified atom stereocenters. The van der Waals surface area contributed by atoms with E-state index in [2.05, 4.69) is 10.3 Å². The number of amides is 1. The second-order valence-electron chi connectivity index (χ2n) is 2.89. The maximum atomic E-state index is 11.4. The Morgan fingerprint density at radius 2 is 2.31 bits per heavy atom. The van der Waals surface area contributed by atoms with Gasteiger partial charge in [-0.3, -0.25) is 4.79 Å². The highest BCUT2D eigenvalue weighted by atomic mass is 32.1. The summed E-state index contributed by atoms with van der Waals surface area (Å²) in [6, 6.07) is 0. The Kier molecular flexibility index (Phi) is 4.35. The van der Waals surface area contributed by atoms with Gasteiger partial charge in [-0.05, 0) is 0 Å². The minimum absolute atomic E-state index is 0.169. The molecule has 7 nitrogen and oxygen atoms in total.